The minimum Gasteiger partial charge on any atom is -0.359 e. The maximum Gasteiger partial charge on any atom is 0.319 e. The Morgan fingerprint density at radius 1 is 1.04 bits per heavy atom. The van der Waals surface area contributed by atoms with E-state index in [1.165, 1.54) is 11.1 Å². The summed E-state index contributed by atoms with van der Waals surface area (Å²) >= 11 is 0. The summed E-state index contributed by atoms with van der Waals surface area (Å²) in [5.74, 6) is -0.0409. The average molecular weight is 339 g/mol. The fourth-order valence-electron chi connectivity index (χ4n) is 2.66. The average Bonchev–Trinajstić information content (AvgIpc) is 2.58. The van der Waals surface area contributed by atoms with Gasteiger partial charge in [0.2, 0.25) is 5.91 Å². The predicted molar refractivity (Wildman–Crippen MR) is 101 cm³/mol. The smallest absolute Gasteiger partial charge is 0.319 e. The maximum atomic E-state index is 12.2. The molecule has 0 radical (unpaired) electrons. The molecule has 25 heavy (non-hydrogen) atoms. The third kappa shape index (κ3) is 5.08. The highest BCUT2D eigenvalue weighted by Crippen LogP contribution is 2.20. The van der Waals surface area contributed by atoms with Crippen molar-refractivity contribution >= 4 is 17.6 Å². The van der Waals surface area contributed by atoms with Crippen molar-refractivity contribution in [2.75, 3.05) is 12.4 Å². The highest BCUT2D eigenvalue weighted by Gasteiger charge is 2.12. The first-order valence-corrected chi connectivity index (χ1v) is 8.34. The molecule has 2 aromatic rings. The van der Waals surface area contributed by atoms with Gasteiger partial charge in [0.1, 0.15) is 0 Å². The molecule has 3 amide bonds. The quantitative estimate of drug-likeness (QED) is 0.780. The predicted octanol–water partition coefficient (Wildman–Crippen LogP) is 3.47. The molecule has 132 valence electrons. The molecule has 5 nitrogen and oxygen atoms in total. The third-order valence-electron chi connectivity index (χ3n) is 4.32. The molecule has 0 heterocycles. The summed E-state index contributed by atoms with van der Waals surface area (Å²) in [6, 6.07) is 13.0. The van der Waals surface area contributed by atoms with Gasteiger partial charge in [-0.3, -0.25) is 4.79 Å². The van der Waals surface area contributed by atoms with Gasteiger partial charge in [-0.15, -0.1) is 0 Å². The zero-order chi connectivity index (χ0) is 18.4. The number of urea groups is 1. The topological polar surface area (TPSA) is 70.2 Å². The van der Waals surface area contributed by atoms with Crippen LogP contribution in [0.5, 0.6) is 0 Å². The molecule has 0 fully saturated rings. The van der Waals surface area contributed by atoms with Crippen LogP contribution < -0.4 is 16.0 Å². The summed E-state index contributed by atoms with van der Waals surface area (Å²) in [7, 11) is 1.61. The monoisotopic (exact) mass is 339 g/mol. The van der Waals surface area contributed by atoms with Gasteiger partial charge < -0.3 is 16.0 Å². The van der Waals surface area contributed by atoms with E-state index in [1.807, 2.05) is 31.2 Å². The summed E-state index contributed by atoms with van der Waals surface area (Å²) in [5, 5.41) is 8.36. The van der Waals surface area contributed by atoms with E-state index in [4.69, 9.17) is 0 Å². The molecule has 0 unspecified atom stereocenters. The van der Waals surface area contributed by atoms with Crippen LogP contribution >= 0.6 is 0 Å². The Bertz CT molecular complexity index is 754. The molecule has 2 rings (SSSR count). The SMILES string of the molecule is CNC(=O)Cc1ccc(NC(=O)N[C@@H](C)c2cccc(C)c2C)cc1. The molecule has 0 bridgehead atoms. The highest BCUT2D eigenvalue weighted by molar-refractivity contribution is 5.89. The van der Waals surface area contributed by atoms with E-state index in [0.717, 1.165) is 11.1 Å². The van der Waals surface area contributed by atoms with Crippen LogP contribution in [-0.2, 0) is 11.2 Å². The van der Waals surface area contributed by atoms with Crippen molar-refractivity contribution in [2.24, 2.45) is 0 Å². The lowest BCUT2D eigenvalue weighted by molar-refractivity contribution is -0.119. The second kappa shape index (κ2) is 8.33. The summed E-state index contributed by atoms with van der Waals surface area (Å²) in [5.41, 5.74) is 5.09. The molecule has 0 saturated carbocycles. The number of carbonyl (C=O) groups excluding carboxylic acids is 2. The molecular weight excluding hydrogens is 314 g/mol. The first-order valence-electron chi connectivity index (χ1n) is 8.34. The Hall–Kier alpha value is -2.82. The number of aryl methyl sites for hydroxylation is 1. The fourth-order valence-corrected chi connectivity index (χ4v) is 2.66. The second-order valence-corrected chi connectivity index (χ2v) is 6.16. The Balaban J connectivity index is 1.95. The van der Waals surface area contributed by atoms with Crippen molar-refractivity contribution in [2.45, 2.75) is 33.2 Å². The van der Waals surface area contributed by atoms with Gasteiger partial charge in [0, 0.05) is 12.7 Å². The normalized spacial score (nSPS) is 11.5. The minimum atomic E-state index is -0.257. The minimum absolute atomic E-state index is 0.0409. The van der Waals surface area contributed by atoms with Crippen molar-refractivity contribution in [3.63, 3.8) is 0 Å². The van der Waals surface area contributed by atoms with Crippen molar-refractivity contribution < 1.29 is 9.59 Å². The lowest BCUT2D eigenvalue weighted by atomic mass is 9.98. The van der Waals surface area contributed by atoms with Crippen LogP contribution in [0, 0.1) is 13.8 Å². The van der Waals surface area contributed by atoms with E-state index >= 15 is 0 Å². The van der Waals surface area contributed by atoms with Gasteiger partial charge in [0.25, 0.3) is 0 Å². The van der Waals surface area contributed by atoms with E-state index < -0.39 is 0 Å². The van der Waals surface area contributed by atoms with Gasteiger partial charge in [-0.1, -0.05) is 30.3 Å². The Morgan fingerprint density at radius 2 is 1.72 bits per heavy atom. The Kier molecular flexibility index (Phi) is 6.17. The molecule has 1 atom stereocenters. The number of rotatable bonds is 5. The zero-order valence-corrected chi connectivity index (χ0v) is 15.1. The first-order chi connectivity index (χ1) is 11.9. The third-order valence-corrected chi connectivity index (χ3v) is 4.32. The van der Waals surface area contributed by atoms with E-state index in [2.05, 4.69) is 35.9 Å². The van der Waals surface area contributed by atoms with Crippen LogP contribution in [0.4, 0.5) is 10.5 Å². The molecule has 2 aromatic carbocycles. The largest absolute Gasteiger partial charge is 0.359 e. The Morgan fingerprint density at radius 3 is 2.36 bits per heavy atom. The molecule has 0 aliphatic carbocycles. The van der Waals surface area contributed by atoms with Crippen LogP contribution in [0.25, 0.3) is 0 Å². The lowest BCUT2D eigenvalue weighted by Crippen LogP contribution is -2.31. The van der Waals surface area contributed by atoms with Crippen LogP contribution in [0.3, 0.4) is 0 Å². The standard InChI is InChI=1S/C20H25N3O2/c1-13-6-5-7-18(14(13)2)15(3)22-20(25)23-17-10-8-16(9-11-17)12-19(24)21-4/h5-11,15H,12H2,1-4H3,(H,21,24)(H2,22,23,25)/t15-/m0/s1. The second-order valence-electron chi connectivity index (χ2n) is 6.16. The zero-order valence-electron chi connectivity index (χ0n) is 15.1. The molecule has 5 heteroatoms. The molecule has 0 aliphatic heterocycles. The van der Waals surface area contributed by atoms with Gasteiger partial charge in [-0.05, 0) is 55.2 Å². The Labute approximate surface area is 148 Å². The van der Waals surface area contributed by atoms with E-state index in [-0.39, 0.29) is 18.0 Å². The van der Waals surface area contributed by atoms with Crippen LogP contribution in [0.2, 0.25) is 0 Å². The molecule has 0 aromatic heterocycles. The number of nitrogens with one attached hydrogen (secondary N) is 3. The number of benzene rings is 2. The van der Waals surface area contributed by atoms with Gasteiger partial charge in [0.15, 0.2) is 0 Å². The fraction of sp³-hybridized carbons (Fsp3) is 0.300. The molecule has 0 spiro atoms. The van der Waals surface area contributed by atoms with Crippen LogP contribution in [-0.4, -0.2) is 19.0 Å². The van der Waals surface area contributed by atoms with E-state index in [1.54, 1.807) is 19.2 Å². The van der Waals surface area contributed by atoms with E-state index in [0.29, 0.717) is 12.1 Å². The summed E-state index contributed by atoms with van der Waals surface area (Å²) in [4.78, 5) is 23.6. The van der Waals surface area contributed by atoms with Crippen molar-refractivity contribution in [3.8, 4) is 0 Å². The van der Waals surface area contributed by atoms with Gasteiger partial charge in [-0.2, -0.15) is 0 Å². The first kappa shape index (κ1) is 18.5. The number of amides is 3. The summed E-state index contributed by atoms with van der Waals surface area (Å²) in [6.45, 7) is 6.09. The number of hydrogen-bond acceptors (Lipinski definition) is 2. The number of carbonyl (C=O) groups is 2. The maximum absolute atomic E-state index is 12.2. The molecule has 0 saturated heterocycles. The molecule has 3 N–H and O–H groups in total. The van der Waals surface area contributed by atoms with Crippen molar-refractivity contribution in [3.05, 3.63) is 64.7 Å². The van der Waals surface area contributed by atoms with Crippen molar-refractivity contribution in [1.29, 1.82) is 0 Å². The molecular formula is C20H25N3O2. The van der Waals surface area contributed by atoms with Crippen molar-refractivity contribution in [1.82, 2.24) is 10.6 Å². The van der Waals surface area contributed by atoms with Gasteiger partial charge in [-0.25, -0.2) is 4.79 Å². The summed E-state index contributed by atoms with van der Waals surface area (Å²) < 4.78 is 0. The highest BCUT2D eigenvalue weighted by atomic mass is 16.2. The van der Waals surface area contributed by atoms with Gasteiger partial charge >= 0.3 is 6.03 Å². The molecule has 0 aliphatic rings. The summed E-state index contributed by atoms with van der Waals surface area (Å²) in [6.07, 6.45) is 0.326. The van der Waals surface area contributed by atoms with Gasteiger partial charge in [0.05, 0.1) is 12.5 Å². The number of likely N-dealkylation sites (N-methyl/N-ethyl adjacent to an activating group) is 1. The number of anilines is 1. The lowest BCUT2D eigenvalue weighted by Gasteiger charge is -2.18. The number of hydrogen-bond donors (Lipinski definition) is 3. The van der Waals surface area contributed by atoms with Crippen LogP contribution in [0.15, 0.2) is 42.5 Å². The van der Waals surface area contributed by atoms with Crippen LogP contribution in [0.1, 0.15) is 35.2 Å². The van der Waals surface area contributed by atoms with E-state index in [9.17, 15) is 9.59 Å².